The topological polar surface area (TPSA) is 98.1 Å². The summed E-state index contributed by atoms with van der Waals surface area (Å²) in [6, 6.07) is 18.2. The Kier molecular flexibility index (Phi) is 6.65. The Bertz CT molecular complexity index is 1440. The number of nitrogens with zero attached hydrogens (tertiary/aromatic N) is 1. The first-order chi connectivity index (χ1) is 16.3. The molecule has 4 rings (SSSR count). The van der Waals surface area contributed by atoms with E-state index in [1.54, 1.807) is 24.3 Å². The summed E-state index contributed by atoms with van der Waals surface area (Å²) in [6.07, 6.45) is 1.62. The molecule has 0 spiro atoms. The molecule has 0 fully saturated rings. The standard InChI is InChI=1S/C25H26N2O6S/c1-31-22-13-11-18(16-24(22)32-2)27(34(3,29)30)14-6-9-25(28)26-17-10-12-20-19-7-4-5-8-21(19)33-23(20)15-17/h4-5,7-8,10-13,15-16H,6,9,14H2,1-3H3,(H,26,28). The monoisotopic (exact) mass is 482 g/mol. The second kappa shape index (κ2) is 9.64. The van der Waals surface area contributed by atoms with Gasteiger partial charge in [0, 0.05) is 41.6 Å². The largest absolute Gasteiger partial charge is 0.493 e. The molecule has 3 aromatic carbocycles. The number of carbonyl (C=O) groups excluding carboxylic acids is 1. The molecule has 0 aliphatic carbocycles. The van der Waals surface area contributed by atoms with Crippen LogP contribution in [-0.2, 0) is 14.8 Å². The number of hydrogen-bond acceptors (Lipinski definition) is 6. The van der Waals surface area contributed by atoms with Gasteiger partial charge in [0.25, 0.3) is 0 Å². The third-order valence-electron chi connectivity index (χ3n) is 5.48. The van der Waals surface area contributed by atoms with Crippen molar-refractivity contribution >= 4 is 49.2 Å². The highest BCUT2D eigenvalue weighted by Crippen LogP contribution is 2.33. The van der Waals surface area contributed by atoms with Crippen LogP contribution in [0.15, 0.2) is 65.1 Å². The molecule has 0 radical (unpaired) electrons. The first-order valence-corrected chi connectivity index (χ1v) is 12.6. The van der Waals surface area contributed by atoms with E-state index in [4.69, 9.17) is 13.9 Å². The summed E-state index contributed by atoms with van der Waals surface area (Å²) < 4.78 is 42.4. The Hall–Kier alpha value is -3.72. The fourth-order valence-corrected chi connectivity index (χ4v) is 4.83. The van der Waals surface area contributed by atoms with Gasteiger partial charge in [-0.3, -0.25) is 9.10 Å². The Morgan fingerprint density at radius 2 is 1.68 bits per heavy atom. The highest BCUT2D eigenvalue weighted by molar-refractivity contribution is 7.92. The highest BCUT2D eigenvalue weighted by Gasteiger charge is 2.19. The fourth-order valence-electron chi connectivity index (χ4n) is 3.88. The molecule has 1 aromatic heterocycles. The lowest BCUT2D eigenvalue weighted by molar-refractivity contribution is -0.116. The summed E-state index contributed by atoms with van der Waals surface area (Å²) in [5.74, 6) is 0.712. The van der Waals surface area contributed by atoms with Crippen molar-refractivity contribution in [2.75, 3.05) is 36.6 Å². The van der Waals surface area contributed by atoms with Crippen LogP contribution in [0.4, 0.5) is 11.4 Å². The maximum absolute atomic E-state index is 12.5. The van der Waals surface area contributed by atoms with E-state index in [0.717, 1.165) is 22.6 Å². The maximum atomic E-state index is 12.5. The van der Waals surface area contributed by atoms with Crippen molar-refractivity contribution in [1.29, 1.82) is 0 Å². The van der Waals surface area contributed by atoms with Crippen LogP contribution >= 0.6 is 0 Å². The summed E-state index contributed by atoms with van der Waals surface area (Å²) in [4.78, 5) is 12.5. The van der Waals surface area contributed by atoms with Gasteiger partial charge in [0.05, 0.1) is 26.2 Å². The minimum atomic E-state index is -3.56. The number of anilines is 2. The van der Waals surface area contributed by atoms with Crippen LogP contribution in [0, 0.1) is 0 Å². The lowest BCUT2D eigenvalue weighted by Gasteiger charge is -2.23. The average Bonchev–Trinajstić information content (AvgIpc) is 3.18. The summed E-state index contributed by atoms with van der Waals surface area (Å²) in [5.41, 5.74) is 2.54. The van der Waals surface area contributed by atoms with E-state index in [9.17, 15) is 13.2 Å². The number of ether oxygens (including phenoxy) is 2. The Morgan fingerprint density at radius 3 is 2.41 bits per heavy atom. The Labute approximate surface area is 198 Å². The number of rotatable bonds is 9. The van der Waals surface area contributed by atoms with Gasteiger partial charge in [0.2, 0.25) is 15.9 Å². The van der Waals surface area contributed by atoms with Crippen molar-refractivity contribution < 1.29 is 27.1 Å². The van der Waals surface area contributed by atoms with Crippen molar-refractivity contribution in [3.63, 3.8) is 0 Å². The van der Waals surface area contributed by atoms with Gasteiger partial charge in [-0.25, -0.2) is 8.42 Å². The molecule has 0 saturated heterocycles. The fraction of sp³-hybridized carbons (Fsp3) is 0.240. The molecule has 0 unspecified atom stereocenters. The molecule has 1 amide bonds. The molecule has 0 aliphatic heterocycles. The van der Waals surface area contributed by atoms with Crippen molar-refractivity contribution in [2.24, 2.45) is 0 Å². The summed E-state index contributed by atoms with van der Waals surface area (Å²) in [6.45, 7) is 0.143. The molecule has 0 atom stereocenters. The quantitative estimate of drug-likeness (QED) is 0.368. The summed E-state index contributed by atoms with van der Waals surface area (Å²) in [7, 11) is -0.568. The zero-order valence-electron chi connectivity index (χ0n) is 19.2. The van der Waals surface area contributed by atoms with Crippen LogP contribution in [-0.4, -0.2) is 41.3 Å². The van der Waals surface area contributed by atoms with Crippen LogP contribution in [0.25, 0.3) is 21.9 Å². The van der Waals surface area contributed by atoms with Gasteiger partial charge < -0.3 is 19.2 Å². The normalized spacial score (nSPS) is 11.5. The third kappa shape index (κ3) is 4.94. The van der Waals surface area contributed by atoms with Gasteiger partial charge in [0.1, 0.15) is 11.2 Å². The molecule has 1 heterocycles. The van der Waals surface area contributed by atoms with E-state index in [0.29, 0.717) is 34.9 Å². The SMILES string of the molecule is COc1ccc(N(CCCC(=O)Nc2ccc3c(c2)oc2ccccc23)S(C)(=O)=O)cc1OC. The zero-order valence-corrected chi connectivity index (χ0v) is 20.0. The molecule has 9 heteroatoms. The predicted molar refractivity (Wildman–Crippen MR) is 133 cm³/mol. The van der Waals surface area contributed by atoms with E-state index >= 15 is 0 Å². The van der Waals surface area contributed by atoms with E-state index in [1.165, 1.54) is 18.5 Å². The first kappa shape index (κ1) is 23.4. The minimum Gasteiger partial charge on any atom is -0.493 e. The highest BCUT2D eigenvalue weighted by atomic mass is 32.2. The van der Waals surface area contributed by atoms with Crippen molar-refractivity contribution in [3.8, 4) is 11.5 Å². The molecule has 0 aliphatic rings. The van der Waals surface area contributed by atoms with Crippen molar-refractivity contribution in [3.05, 3.63) is 60.7 Å². The lowest BCUT2D eigenvalue weighted by atomic mass is 10.1. The number of nitrogens with one attached hydrogen (secondary N) is 1. The third-order valence-corrected chi connectivity index (χ3v) is 6.68. The van der Waals surface area contributed by atoms with Crippen LogP contribution < -0.4 is 19.1 Å². The van der Waals surface area contributed by atoms with Gasteiger partial charge in [0.15, 0.2) is 11.5 Å². The molecule has 178 valence electrons. The number of carbonyl (C=O) groups is 1. The molecule has 8 nitrogen and oxygen atoms in total. The smallest absolute Gasteiger partial charge is 0.232 e. The number of methoxy groups -OCH3 is 2. The number of amides is 1. The number of furan rings is 1. The van der Waals surface area contributed by atoms with E-state index in [2.05, 4.69) is 5.32 Å². The second-order valence-corrected chi connectivity index (χ2v) is 9.74. The molecule has 4 aromatic rings. The number of para-hydroxylation sites is 1. The van der Waals surface area contributed by atoms with Crippen molar-refractivity contribution in [1.82, 2.24) is 0 Å². The molecule has 0 bridgehead atoms. The summed E-state index contributed by atoms with van der Waals surface area (Å²) in [5, 5.41) is 4.86. The van der Waals surface area contributed by atoms with Gasteiger partial charge in [-0.1, -0.05) is 18.2 Å². The van der Waals surface area contributed by atoms with E-state index < -0.39 is 10.0 Å². The van der Waals surface area contributed by atoms with Gasteiger partial charge in [-0.15, -0.1) is 0 Å². The van der Waals surface area contributed by atoms with Gasteiger partial charge in [-0.05, 0) is 36.8 Å². The van der Waals surface area contributed by atoms with E-state index in [1.807, 2.05) is 36.4 Å². The molecular formula is C25H26N2O6S. The number of benzene rings is 3. The Balaban J connectivity index is 1.42. The van der Waals surface area contributed by atoms with Crippen LogP contribution in [0.3, 0.4) is 0 Å². The van der Waals surface area contributed by atoms with Gasteiger partial charge >= 0.3 is 0 Å². The van der Waals surface area contributed by atoms with Gasteiger partial charge in [-0.2, -0.15) is 0 Å². The average molecular weight is 483 g/mol. The maximum Gasteiger partial charge on any atom is 0.232 e. The van der Waals surface area contributed by atoms with Crippen LogP contribution in [0.1, 0.15) is 12.8 Å². The predicted octanol–water partition coefficient (Wildman–Crippen LogP) is 4.79. The minimum absolute atomic E-state index is 0.143. The zero-order chi connectivity index (χ0) is 24.3. The molecule has 1 N–H and O–H groups in total. The van der Waals surface area contributed by atoms with Crippen molar-refractivity contribution in [2.45, 2.75) is 12.8 Å². The second-order valence-electron chi connectivity index (χ2n) is 7.84. The Morgan fingerprint density at radius 1 is 0.941 bits per heavy atom. The van der Waals surface area contributed by atoms with Crippen LogP contribution in [0.2, 0.25) is 0 Å². The number of fused-ring (bicyclic) bond motifs is 3. The number of hydrogen-bond donors (Lipinski definition) is 1. The van der Waals surface area contributed by atoms with Crippen LogP contribution in [0.5, 0.6) is 11.5 Å². The van der Waals surface area contributed by atoms with E-state index in [-0.39, 0.29) is 18.9 Å². The first-order valence-electron chi connectivity index (χ1n) is 10.7. The number of sulfonamides is 1. The molecule has 34 heavy (non-hydrogen) atoms. The summed E-state index contributed by atoms with van der Waals surface area (Å²) >= 11 is 0. The molecule has 0 saturated carbocycles. The molecular weight excluding hydrogens is 456 g/mol. The lowest BCUT2D eigenvalue weighted by Crippen LogP contribution is -2.31.